The topological polar surface area (TPSA) is 86.8 Å². The number of nitrogens with two attached hydrogens (primary N) is 1. The number of β-amino-alcohol motifs (C(OH)–C–C–N with tert-alkyl or cyclic N) is 1. The number of aliphatic hydroxyl groups is 1. The van der Waals surface area contributed by atoms with Gasteiger partial charge in [0.1, 0.15) is 5.82 Å². The summed E-state index contributed by atoms with van der Waals surface area (Å²) >= 11 is 0. The van der Waals surface area contributed by atoms with Gasteiger partial charge in [0.15, 0.2) is 0 Å². The third kappa shape index (κ3) is 2.38. The number of halogens is 1. The van der Waals surface area contributed by atoms with Crippen molar-refractivity contribution in [1.82, 2.24) is 0 Å². The Bertz CT molecular complexity index is 479. The molecule has 1 aromatic rings. The van der Waals surface area contributed by atoms with Crippen LogP contribution in [0.5, 0.6) is 0 Å². The first-order valence-corrected chi connectivity index (χ1v) is 5.74. The molecule has 0 radical (unpaired) electrons. The number of carbonyl (C=O) groups is 1. The van der Waals surface area contributed by atoms with E-state index in [-0.39, 0.29) is 5.69 Å². The van der Waals surface area contributed by atoms with Crippen LogP contribution in [0.1, 0.15) is 23.2 Å². The second kappa shape index (κ2) is 4.81. The van der Waals surface area contributed by atoms with E-state index in [2.05, 4.69) is 0 Å². The molecule has 1 unspecified atom stereocenters. The molecule has 18 heavy (non-hydrogen) atoms. The lowest BCUT2D eigenvalue weighted by molar-refractivity contribution is 0.0692. The van der Waals surface area contributed by atoms with Crippen molar-refractivity contribution in [1.29, 1.82) is 0 Å². The highest BCUT2D eigenvalue weighted by atomic mass is 19.1. The quantitative estimate of drug-likeness (QED) is 0.687. The Morgan fingerprint density at radius 3 is 2.83 bits per heavy atom. The fraction of sp³-hybridized carbons (Fsp3) is 0.417. The number of anilines is 2. The van der Waals surface area contributed by atoms with Gasteiger partial charge in [-0.1, -0.05) is 0 Å². The molecule has 1 fully saturated rings. The molecule has 1 aliphatic rings. The van der Waals surface area contributed by atoms with Gasteiger partial charge < -0.3 is 20.8 Å². The minimum atomic E-state index is -1.34. The molecule has 0 saturated carbocycles. The van der Waals surface area contributed by atoms with Crippen LogP contribution < -0.4 is 10.6 Å². The van der Waals surface area contributed by atoms with Gasteiger partial charge >= 0.3 is 5.97 Å². The van der Waals surface area contributed by atoms with Crippen molar-refractivity contribution in [3.05, 3.63) is 23.5 Å². The van der Waals surface area contributed by atoms with Crippen molar-refractivity contribution < 1.29 is 19.4 Å². The molecule has 2 rings (SSSR count). The number of hydrogen-bond donors (Lipinski definition) is 3. The summed E-state index contributed by atoms with van der Waals surface area (Å²) in [5, 5.41) is 18.4. The van der Waals surface area contributed by atoms with Crippen molar-refractivity contribution in [2.24, 2.45) is 0 Å². The average Bonchev–Trinajstić information content (AvgIpc) is 2.31. The second-order valence-corrected chi connectivity index (χ2v) is 4.44. The molecule has 1 atom stereocenters. The third-order valence-corrected chi connectivity index (χ3v) is 3.08. The number of piperidine rings is 1. The number of benzene rings is 1. The van der Waals surface area contributed by atoms with Crippen LogP contribution in [-0.2, 0) is 0 Å². The van der Waals surface area contributed by atoms with Crippen molar-refractivity contribution >= 4 is 17.3 Å². The number of nitrogen functional groups attached to an aromatic ring is 1. The number of rotatable bonds is 2. The molecule has 0 aliphatic carbocycles. The summed E-state index contributed by atoms with van der Waals surface area (Å²) in [6.45, 7) is 1.06. The number of carboxylic acids is 1. The zero-order valence-corrected chi connectivity index (χ0v) is 9.77. The van der Waals surface area contributed by atoms with Gasteiger partial charge in [-0.2, -0.15) is 0 Å². The van der Waals surface area contributed by atoms with Crippen molar-refractivity contribution in [2.45, 2.75) is 18.9 Å². The number of aliphatic hydroxyl groups excluding tert-OH is 1. The summed E-state index contributed by atoms with van der Waals surface area (Å²) in [6.07, 6.45) is 1.05. The molecule has 0 spiro atoms. The lowest BCUT2D eigenvalue weighted by Gasteiger charge is -2.32. The number of nitrogens with zero attached hydrogens (tertiary/aromatic N) is 1. The fourth-order valence-electron chi connectivity index (χ4n) is 2.19. The predicted molar refractivity (Wildman–Crippen MR) is 65.2 cm³/mol. The maximum Gasteiger partial charge on any atom is 0.338 e. The molecular weight excluding hydrogens is 239 g/mol. The van der Waals surface area contributed by atoms with E-state index >= 15 is 0 Å². The highest BCUT2D eigenvalue weighted by molar-refractivity contribution is 5.91. The van der Waals surface area contributed by atoms with Gasteiger partial charge in [-0.05, 0) is 18.9 Å². The largest absolute Gasteiger partial charge is 0.478 e. The lowest BCUT2D eigenvalue weighted by Crippen LogP contribution is -2.38. The summed E-state index contributed by atoms with van der Waals surface area (Å²) in [7, 11) is 0. The lowest BCUT2D eigenvalue weighted by atomic mass is 10.1. The van der Waals surface area contributed by atoms with Gasteiger partial charge in [-0.3, -0.25) is 0 Å². The molecule has 1 saturated heterocycles. The molecule has 5 nitrogen and oxygen atoms in total. The first-order valence-electron chi connectivity index (χ1n) is 5.74. The SMILES string of the molecule is Nc1cc(C(=O)O)c(F)cc1N1CCCC(O)C1. The Hall–Kier alpha value is -1.82. The van der Waals surface area contributed by atoms with Gasteiger partial charge in [0.25, 0.3) is 0 Å². The van der Waals surface area contributed by atoms with E-state index in [0.29, 0.717) is 25.2 Å². The predicted octanol–water partition coefficient (Wildman–Crippen LogP) is 1.07. The Kier molecular flexibility index (Phi) is 3.38. The van der Waals surface area contributed by atoms with Gasteiger partial charge in [0, 0.05) is 19.2 Å². The van der Waals surface area contributed by atoms with Gasteiger partial charge in [0.2, 0.25) is 0 Å². The highest BCUT2D eigenvalue weighted by Crippen LogP contribution is 2.29. The summed E-state index contributed by atoms with van der Waals surface area (Å²) in [5.74, 6) is -2.16. The standard InChI is InChI=1S/C12H15FN2O3/c13-9-5-11(10(14)4-8(9)12(17)18)15-3-1-2-7(16)6-15/h4-5,7,16H,1-3,6,14H2,(H,17,18). The Morgan fingerprint density at radius 2 is 2.22 bits per heavy atom. The molecule has 0 amide bonds. The Morgan fingerprint density at radius 1 is 1.50 bits per heavy atom. The maximum atomic E-state index is 13.6. The second-order valence-electron chi connectivity index (χ2n) is 4.44. The summed E-state index contributed by atoms with van der Waals surface area (Å²) in [5.41, 5.74) is 5.97. The van der Waals surface area contributed by atoms with Gasteiger partial charge in [-0.15, -0.1) is 0 Å². The molecular formula is C12H15FN2O3. The highest BCUT2D eigenvalue weighted by Gasteiger charge is 2.22. The molecule has 98 valence electrons. The van der Waals surface area contributed by atoms with E-state index in [1.807, 2.05) is 0 Å². The van der Waals surface area contributed by atoms with Crippen molar-refractivity contribution in [3.63, 3.8) is 0 Å². The van der Waals surface area contributed by atoms with E-state index in [1.54, 1.807) is 4.90 Å². The molecule has 6 heteroatoms. The summed E-state index contributed by atoms with van der Waals surface area (Å²) < 4.78 is 13.6. The van der Waals surface area contributed by atoms with E-state index in [9.17, 15) is 14.3 Å². The van der Waals surface area contributed by atoms with Gasteiger partial charge in [-0.25, -0.2) is 9.18 Å². The smallest absolute Gasteiger partial charge is 0.338 e. The van der Waals surface area contributed by atoms with Gasteiger partial charge in [0.05, 0.1) is 23.0 Å². The molecule has 1 aliphatic heterocycles. The van der Waals surface area contributed by atoms with Crippen molar-refractivity contribution in [2.75, 3.05) is 23.7 Å². The van der Waals surface area contributed by atoms with E-state index < -0.39 is 23.5 Å². The van der Waals surface area contributed by atoms with E-state index in [4.69, 9.17) is 10.8 Å². The van der Waals surface area contributed by atoms with Crippen LogP contribution in [0, 0.1) is 5.82 Å². The zero-order valence-electron chi connectivity index (χ0n) is 9.77. The normalized spacial score (nSPS) is 19.9. The zero-order chi connectivity index (χ0) is 13.3. The molecule has 1 heterocycles. The molecule has 1 aromatic carbocycles. The summed E-state index contributed by atoms with van der Waals surface area (Å²) in [6, 6.07) is 2.24. The first kappa shape index (κ1) is 12.6. The van der Waals surface area contributed by atoms with E-state index in [0.717, 1.165) is 18.6 Å². The number of carboxylic acid groups (broad SMARTS) is 1. The molecule has 0 aromatic heterocycles. The van der Waals surface area contributed by atoms with E-state index in [1.165, 1.54) is 0 Å². The minimum absolute atomic E-state index is 0.211. The van der Waals surface area contributed by atoms with Crippen LogP contribution in [0.4, 0.5) is 15.8 Å². The third-order valence-electron chi connectivity index (χ3n) is 3.08. The fourth-order valence-corrected chi connectivity index (χ4v) is 2.19. The number of hydrogen-bond acceptors (Lipinski definition) is 4. The van der Waals surface area contributed by atoms with Crippen LogP contribution >= 0.6 is 0 Å². The maximum absolute atomic E-state index is 13.6. The number of aromatic carboxylic acids is 1. The van der Waals surface area contributed by atoms with Crippen LogP contribution in [0.15, 0.2) is 12.1 Å². The van der Waals surface area contributed by atoms with Crippen molar-refractivity contribution in [3.8, 4) is 0 Å². The first-order chi connectivity index (χ1) is 8.49. The average molecular weight is 254 g/mol. The minimum Gasteiger partial charge on any atom is -0.478 e. The monoisotopic (exact) mass is 254 g/mol. The Balaban J connectivity index is 2.34. The van der Waals surface area contributed by atoms with Crippen LogP contribution in [-0.4, -0.2) is 35.4 Å². The molecule has 4 N–H and O–H groups in total. The molecule has 0 bridgehead atoms. The van der Waals surface area contributed by atoms with Crippen LogP contribution in [0.3, 0.4) is 0 Å². The Labute approximate surface area is 104 Å². The van der Waals surface area contributed by atoms with Crippen LogP contribution in [0.25, 0.3) is 0 Å². The summed E-state index contributed by atoms with van der Waals surface area (Å²) in [4.78, 5) is 12.5. The van der Waals surface area contributed by atoms with Crippen LogP contribution in [0.2, 0.25) is 0 Å².